The van der Waals surface area contributed by atoms with Crippen molar-refractivity contribution < 1.29 is 18.3 Å². The van der Waals surface area contributed by atoms with E-state index in [4.69, 9.17) is 4.74 Å². The van der Waals surface area contributed by atoms with Crippen molar-refractivity contribution in [3.05, 3.63) is 72.2 Å². The van der Waals surface area contributed by atoms with E-state index in [1.807, 2.05) is 24.3 Å². The first-order valence-corrected chi connectivity index (χ1v) is 11.8. The van der Waals surface area contributed by atoms with Crippen LogP contribution >= 0.6 is 0 Å². The second-order valence-electron chi connectivity index (χ2n) is 9.62. The maximum Gasteiger partial charge on any atom is 0.316 e. The van der Waals surface area contributed by atoms with Gasteiger partial charge >= 0.3 is 5.97 Å². The van der Waals surface area contributed by atoms with Gasteiger partial charge in [-0.2, -0.15) is 5.10 Å². The molecule has 1 aliphatic carbocycles. The fourth-order valence-electron chi connectivity index (χ4n) is 4.30. The van der Waals surface area contributed by atoms with Crippen molar-refractivity contribution >= 4 is 17.6 Å². The number of carbonyl (C=O) groups excluding carboxylic acids is 1. The minimum Gasteiger partial charge on any atom is -0.468 e. The summed E-state index contributed by atoms with van der Waals surface area (Å²) in [5.41, 5.74) is 0.721. The summed E-state index contributed by atoms with van der Waals surface area (Å²) in [5.74, 6) is -0.0327. The van der Waals surface area contributed by atoms with Gasteiger partial charge in [0.05, 0.1) is 42.4 Å². The number of aromatic nitrogens is 5. The molecule has 1 N–H and O–H groups in total. The molecule has 4 aromatic rings. The fourth-order valence-corrected chi connectivity index (χ4v) is 4.30. The Hall–Kier alpha value is -4.21. The van der Waals surface area contributed by atoms with Crippen LogP contribution in [0.5, 0.6) is 0 Å². The van der Waals surface area contributed by atoms with E-state index >= 15 is 4.39 Å². The SMILES string of the molecule is COC(=O)C1(c2ccc(-c3cnc(-c4cnn(C)c4Nc4cncc(C(C)(C)F)n4)c(F)c3)cc2)CC1. The van der Waals surface area contributed by atoms with Gasteiger partial charge in [-0.3, -0.25) is 19.4 Å². The number of halogens is 2. The van der Waals surface area contributed by atoms with Gasteiger partial charge in [0.25, 0.3) is 0 Å². The van der Waals surface area contributed by atoms with Crippen LogP contribution in [-0.2, 0) is 27.7 Å². The molecule has 0 unspecified atom stereocenters. The number of rotatable bonds is 7. The van der Waals surface area contributed by atoms with Gasteiger partial charge in [-0.1, -0.05) is 24.3 Å². The van der Waals surface area contributed by atoms with Crippen LogP contribution in [0.15, 0.2) is 55.1 Å². The first-order chi connectivity index (χ1) is 17.6. The Bertz CT molecular complexity index is 1470. The minimum atomic E-state index is -1.67. The molecule has 37 heavy (non-hydrogen) atoms. The smallest absolute Gasteiger partial charge is 0.316 e. The Balaban J connectivity index is 1.42. The number of alkyl halides is 1. The van der Waals surface area contributed by atoms with Gasteiger partial charge < -0.3 is 10.1 Å². The highest BCUT2D eigenvalue weighted by Gasteiger charge is 2.52. The maximum atomic E-state index is 15.3. The summed E-state index contributed by atoms with van der Waals surface area (Å²) < 4.78 is 36.1. The molecule has 8 nitrogen and oxygen atoms in total. The van der Waals surface area contributed by atoms with E-state index in [2.05, 4.69) is 25.4 Å². The molecule has 1 fully saturated rings. The van der Waals surface area contributed by atoms with Gasteiger partial charge in [0.2, 0.25) is 0 Å². The van der Waals surface area contributed by atoms with Crippen LogP contribution in [-0.4, -0.2) is 37.8 Å². The number of methoxy groups -OCH3 is 1. The van der Waals surface area contributed by atoms with Gasteiger partial charge in [-0.15, -0.1) is 0 Å². The highest BCUT2D eigenvalue weighted by molar-refractivity contribution is 5.87. The number of esters is 1. The van der Waals surface area contributed by atoms with E-state index in [1.54, 1.807) is 13.2 Å². The topological polar surface area (TPSA) is 94.8 Å². The monoisotopic (exact) mass is 504 g/mol. The van der Waals surface area contributed by atoms with Crippen LogP contribution in [0.25, 0.3) is 22.4 Å². The van der Waals surface area contributed by atoms with E-state index in [0.717, 1.165) is 24.0 Å². The zero-order valence-corrected chi connectivity index (χ0v) is 20.9. The maximum absolute atomic E-state index is 15.3. The van der Waals surface area contributed by atoms with E-state index < -0.39 is 16.9 Å². The van der Waals surface area contributed by atoms with Crippen molar-refractivity contribution in [3.63, 3.8) is 0 Å². The number of anilines is 2. The standard InChI is InChI=1S/C27H26F2N6O2/c1-26(2,29)21-14-30-15-22(33-21)34-24-19(13-32-35(24)3)23-20(28)11-17(12-31-23)16-5-7-18(8-6-16)27(9-10-27)25(36)37-4/h5-8,11-15H,9-10H2,1-4H3,(H,33,34). The van der Waals surface area contributed by atoms with Gasteiger partial charge in [-0.05, 0) is 43.9 Å². The zero-order chi connectivity index (χ0) is 26.4. The lowest BCUT2D eigenvalue weighted by atomic mass is 9.94. The number of hydrogen-bond acceptors (Lipinski definition) is 7. The quantitative estimate of drug-likeness (QED) is 0.344. The van der Waals surface area contributed by atoms with E-state index in [0.29, 0.717) is 22.8 Å². The van der Waals surface area contributed by atoms with Gasteiger partial charge in [0.15, 0.2) is 5.82 Å². The molecular weight excluding hydrogens is 478 g/mol. The lowest BCUT2D eigenvalue weighted by Gasteiger charge is -2.15. The Labute approximate surface area is 212 Å². The molecule has 1 aromatic carbocycles. The lowest BCUT2D eigenvalue weighted by Crippen LogP contribution is -2.21. The van der Waals surface area contributed by atoms with E-state index in [9.17, 15) is 9.18 Å². The molecule has 0 saturated heterocycles. The van der Waals surface area contributed by atoms with Gasteiger partial charge in [0.1, 0.15) is 23.0 Å². The Kier molecular flexibility index (Phi) is 5.97. The summed E-state index contributed by atoms with van der Waals surface area (Å²) in [6.07, 6.45) is 7.42. The zero-order valence-electron chi connectivity index (χ0n) is 20.9. The Morgan fingerprint density at radius 2 is 1.84 bits per heavy atom. The number of nitrogens with zero attached hydrogens (tertiary/aromatic N) is 5. The molecule has 10 heteroatoms. The third-order valence-electron chi connectivity index (χ3n) is 6.62. The molecule has 1 saturated carbocycles. The molecule has 0 atom stereocenters. The average molecular weight is 505 g/mol. The molecule has 0 spiro atoms. The highest BCUT2D eigenvalue weighted by Crippen LogP contribution is 2.49. The van der Waals surface area contributed by atoms with Crippen LogP contribution in [0.1, 0.15) is 37.9 Å². The molecule has 0 radical (unpaired) electrons. The predicted molar refractivity (Wildman–Crippen MR) is 134 cm³/mol. The third-order valence-corrected chi connectivity index (χ3v) is 6.62. The summed E-state index contributed by atoms with van der Waals surface area (Å²) in [7, 11) is 3.09. The average Bonchev–Trinajstić information content (AvgIpc) is 3.63. The molecule has 190 valence electrons. The molecular formula is C27H26F2N6O2. The summed E-state index contributed by atoms with van der Waals surface area (Å²) in [5, 5.41) is 7.29. The molecule has 0 amide bonds. The fraction of sp³-hybridized carbons (Fsp3) is 0.296. The molecule has 1 aliphatic rings. The van der Waals surface area contributed by atoms with E-state index in [-0.39, 0.29) is 17.4 Å². The number of pyridine rings is 1. The van der Waals surface area contributed by atoms with Gasteiger partial charge in [-0.25, -0.2) is 13.8 Å². The van der Waals surface area contributed by atoms with Crippen LogP contribution in [0.3, 0.4) is 0 Å². The first kappa shape index (κ1) is 24.5. The molecule has 5 rings (SSSR count). The molecule has 3 aromatic heterocycles. The molecule has 0 bridgehead atoms. The first-order valence-electron chi connectivity index (χ1n) is 11.8. The van der Waals surface area contributed by atoms with Crippen molar-refractivity contribution in [2.24, 2.45) is 7.05 Å². The van der Waals surface area contributed by atoms with Crippen molar-refractivity contribution in [2.75, 3.05) is 12.4 Å². The van der Waals surface area contributed by atoms with Crippen LogP contribution in [0.4, 0.5) is 20.4 Å². The van der Waals surface area contributed by atoms with Crippen LogP contribution < -0.4 is 5.32 Å². The van der Waals surface area contributed by atoms with Crippen molar-refractivity contribution in [3.8, 4) is 22.4 Å². The summed E-state index contributed by atoms with van der Waals surface area (Å²) >= 11 is 0. The highest BCUT2D eigenvalue weighted by atomic mass is 19.1. The van der Waals surface area contributed by atoms with Crippen molar-refractivity contribution in [1.82, 2.24) is 24.7 Å². The number of ether oxygens (including phenoxy) is 1. The largest absolute Gasteiger partial charge is 0.468 e. The Morgan fingerprint density at radius 1 is 1.11 bits per heavy atom. The number of nitrogens with one attached hydrogen (secondary N) is 1. The van der Waals surface area contributed by atoms with Crippen molar-refractivity contribution in [1.29, 1.82) is 0 Å². The Morgan fingerprint density at radius 3 is 2.46 bits per heavy atom. The number of hydrogen-bond donors (Lipinski definition) is 1. The van der Waals surface area contributed by atoms with Crippen LogP contribution in [0, 0.1) is 5.82 Å². The number of benzene rings is 1. The lowest BCUT2D eigenvalue weighted by molar-refractivity contribution is -0.143. The summed E-state index contributed by atoms with van der Waals surface area (Å²) in [6.45, 7) is 2.79. The second-order valence-corrected chi connectivity index (χ2v) is 9.62. The normalized spacial score (nSPS) is 14.3. The number of aryl methyl sites for hydroxylation is 1. The van der Waals surface area contributed by atoms with Crippen LogP contribution in [0.2, 0.25) is 0 Å². The third kappa shape index (κ3) is 4.54. The molecule has 0 aliphatic heterocycles. The van der Waals surface area contributed by atoms with Crippen molar-refractivity contribution in [2.45, 2.75) is 37.8 Å². The van der Waals surface area contributed by atoms with Gasteiger partial charge in [0, 0.05) is 18.8 Å². The second kappa shape index (κ2) is 9.02. The number of carbonyl (C=O) groups is 1. The summed E-state index contributed by atoms with van der Waals surface area (Å²) in [4.78, 5) is 24.9. The predicted octanol–water partition coefficient (Wildman–Crippen LogP) is 5.23. The minimum absolute atomic E-state index is 0.105. The van der Waals surface area contributed by atoms with E-state index in [1.165, 1.54) is 50.3 Å². The summed E-state index contributed by atoms with van der Waals surface area (Å²) in [6, 6.07) is 8.87. The molecule has 3 heterocycles.